The number of ether oxygens (including phenoxy) is 1. The van der Waals surface area contributed by atoms with Crippen LogP contribution in [0.2, 0.25) is 5.28 Å². The van der Waals surface area contributed by atoms with Gasteiger partial charge >= 0.3 is 5.97 Å². The van der Waals surface area contributed by atoms with Gasteiger partial charge in [-0.05, 0) is 44.0 Å². The van der Waals surface area contributed by atoms with Gasteiger partial charge in [0.05, 0.1) is 12.9 Å². The third-order valence-electron chi connectivity index (χ3n) is 4.21. The molecule has 0 aliphatic carbocycles. The van der Waals surface area contributed by atoms with E-state index in [-0.39, 0.29) is 17.7 Å². The van der Waals surface area contributed by atoms with E-state index < -0.39 is 11.6 Å². The first-order valence-corrected chi connectivity index (χ1v) is 9.11. The molecule has 0 radical (unpaired) electrons. The molecule has 0 unspecified atom stereocenters. The second-order valence-corrected chi connectivity index (χ2v) is 7.83. The SMILES string of the molecule is CC(C)(C)OC(=O)Cn1cnc2c(N3Cc4ccccc4C3=O)nc(Cl)nc21. The lowest BCUT2D eigenvalue weighted by atomic mass is 10.1. The number of imidazole rings is 1. The summed E-state index contributed by atoms with van der Waals surface area (Å²) in [6, 6.07) is 7.37. The van der Waals surface area contributed by atoms with Crippen molar-refractivity contribution in [2.24, 2.45) is 0 Å². The molecule has 0 atom stereocenters. The maximum Gasteiger partial charge on any atom is 0.326 e. The number of rotatable bonds is 3. The molecular formula is C19H18ClN5O3. The summed E-state index contributed by atoms with van der Waals surface area (Å²) in [5.74, 6) is -0.278. The Kier molecular flexibility index (Phi) is 4.30. The first kappa shape index (κ1) is 18.4. The smallest absolute Gasteiger partial charge is 0.326 e. The third-order valence-corrected chi connectivity index (χ3v) is 4.38. The van der Waals surface area contributed by atoms with Crippen LogP contribution in [-0.4, -0.2) is 37.0 Å². The van der Waals surface area contributed by atoms with Crippen LogP contribution in [0, 0.1) is 0 Å². The number of carbonyl (C=O) groups excluding carboxylic acids is 2. The van der Waals surface area contributed by atoms with Crippen LogP contribution in [0.3, 0.4) is 0 Å². The maximum atomic E-state index is 12.8. The molecule has 0 saturated heterocycles. The molecule has 8 nitrogen and oxygen atoms in total. The molecular weight excluding hydrogens is 382 g/mol. The van der Waals surface area contributed by atoms with Crippen LogP contribution < -0.4 is 4.90 Å². The van der Waals surface area contributed by atoms with Gasteiger partial charge in [-0.2, -0.15) is 9.97 Å². The standard InChI is InChI=1S/C19H18ClN5O3/c1-19(2,3)28-13(26)9-24-10-21-14-15(24)22-18(20)23-16(14)25-8-11-6-4-5-7-12(11)17(25)27/h4-7,10H,8-9H2,1-3H3. The highest BCUT2D eigenvalue weighted by atomic mass is 35.5. The number of nitrogens with zero attached hydrogens (tertiary/aromatic N) is 5. The fourth-order valence-corrected chi connectivity index (χ4v) is 3.31. The van der Waals surface area contributed by atoms with Crippen molar-refractivity contribution in [1.82, 2.24) is 19.5 Å². The number of esters is 1. The molecule has 0 N–H and O–H groups in total. The number of hydrogen-bond acceptors (Lipinski definition) is 6. The molecule has 1 amide bonds. The second kappa shape index (κ2) is 6.56. The van der Waals surface area contributed by atoms with Crippen LogP contribution in [-0.2, 0) is 22.6 Å². The molecule has 28 heavy (non-hydrogen) atoms. The minimum atomic E-state index is -0.598. The molecule has 0 bridgehead atoms. The zero-order chi connectivity index (χ0) is 20.1. The number of halogens is 1. The molecule has 1 aliphatic rings. The van der Waals surface area contributed by atoms with Gasteiger partial charge in [0.2, 0.25) is 5.28 Å². The number of anilines is 1. The van der Waals surface area contributed by atoms with Crippen molar-refractivity contribution in [2.45, 2.75) is 39.5 Å². The number of benzene rings is 1. The molecule has 0 spiro atoms. The van der Waals surface area contributed by atoms with E-state index in [0.29, 0.717) is 29.1 Å². The van der Waals surface area contributed by atoms with Gasteiger partial charge in [0.15, 0.2) is 17.0 Å². The lowest BCUT2D eigenvalue weighted by Crippen LogP contribution is -2.26. The number of carbonyl (C=O) groups is 2. The molecule has 144 valence electrons. The van der Waals surface area contributed by atoms with E-state index in [1.807, 2.05) is 18.2 Å². The zero-order valence-corrected chi connectivity index (χ0v) is 16.4. The number of fused-ring (bicyclic) bond motifs is 2. The van der Waals surface area contributed by atoms with Crippen LogP contribution in [0.4, 0.5) is 5.82 Å². The number of amides is 1. The Hall–Kier alpha value is -3.00. The Bertz CT molecular complexity index is 1100. The van der Waals surface area contributed by atoms with Crippen molar-refractivity contribution >= 4 is 40.5 Å². The summed E-state index contributed by atoms with van der Waals surface area (Å²) in [6.07, 6.45) is 1.47. The molecule has 2 aromatic heterocycles. The van der Waals surface area contributed by atoms with E-state index in [1.54, 1.807) is 26.8 Å². The topological polar surface area (TPSA) is 90.2 Å². The van der Waals surface area contributed by atoms with Crippen molar-refractivity contribution < 1.29 is 14.3 Å². The van der Waals surface area contributed by atoms with Crippen molar-refractivity contribution in [1.29, 1.82) is 0 Å². The van der Waals surface area contributed by atoms with Crippen molar-refractivity contribution in [3.63, 3.8) is 0 Å². The predicted molar refractivity (Wildman–Crippen MR) is 103 cm³/mol. The number of hydrogen-bond donors (Lipinski definition) is 0. The van der Waals surface area contributed by atoms with Crippen LogP contribution in [0.1, 0.15) is 36.7 Å². The Morgan fingerprint density at radius 2 is 2.00 bits per heavy atom. The maximum absolute atomic E-state index is 12.8. The summed E-state index contributed by atoms with van der Waals surface area (Å²) < 4.78 is 6.89. The van der Waals surface area contributed by atoms with E-state index in [9.17, 15) is 9.59 Å². The molecule has 4 rings (SSSR count). The zero-order valence-electron chi connectivity index (χ0n) is 15.6. The normalized spacial score (nSPS) is 13.9. The van der Waals surface area contributed by atoms with Crippen molar-refractivity contribution in [2.75, 3.05) is 4.90 Å². The quantitative estimate of drug-likeness (QED) is 0.496. The van der Waals surface area contributed by atoms with Gasteiger partial charge in [0, 0.05) is 5.56 Å². The van der Waals surface area contributed by atoms with Gasteiger partial charge in [-0.1, -0.05) is 18.2 Å². The minimum Gasteiger partial charge on any atom is -0.459 e. The Labute approximate surface area is 166 Å². The third kappa shape index (κ3) is 3.31. The fourth-order valence-electron chi connectivity index (χ4n) is 3.15. The summed E-state index contributed by atoms with van der Waals surface area (Å²) in [5, 5.41) is -0.0304. The Balaban J connectivity index is 1.71. The minimum absolute atomic E-state index is 0.0304. The summed E-state index contributed by atoms with van der Waals surface area (Å²) in [4.78, 5) is 39.3. The van der Waals surface area contributed by atoms with Gasteiger partial charge in [-0.3, -0.25) is 14.5 Å². The van der Waals surface area contributed by atoms with Crippen LogP contribution in [0.5, 0.6) is 0 Å². The highest BCUT2D eigenvalue weighted by Crippen LogP contribution is 2.31. The summed E-state index contributed by atoms with van der Waals surface area (Å²) in [5.41, 5.74) is 1.69. The van der Waals surface area contributed by atoms with Gasteiger partial charge in [0.25, 0.3) is 5.91 Å². The fraction of sp³-hybridized carbons (Fsp3) is 0.316. The van der Waals surface area contributed by atoms with E-state index in [4.69, 9.17) is 16.3 Å². The van der Waals surface area contributed by atoms with Crippen molar-refractivity contribution in [3.05, 3.63) is 47.0 Å². The van der Waals surface area contributed by atoms with Crippen molar-refractivity contribution in [3.8, 4) is 0 Å². The van der Waals surface area contributed by atoms with Gasteiger partial charge in [-0.25, -0.2) is 4.98 Å². The predicted octanol–water partition coefficient (Wildman–Crippen LogP) is 2.98. The molecule has 0 fully saturated rings. The van der Waals surface area contributed by atoms with E-state index in [1.165, 1.54) is 15.8 Å². The lowest BCUT2D eigenvalue weighted by Gasteiger charge is -2.19. The van der Waals surface area contributed by atoms with E-state index in [2.05, 4.69) is 15.0 Å². The molecule has 3 heterocycles. The Morgan fingerprint density at radius 3 is 2.71 bits per heavy atom. The summed E-state index contributed by atoms with van der Waals surface area (Å²) >= 11 is 6.12. The summed E-state index contributed by atoms with van der Waals surface area (Å²) in [6.45, 7) is 5.69. The number of aromatic nitrogens is 4. The van der Waals surface area contributed by atoms with Gasteiger partial charge in [-0.15, -0.1) is 0 Å². The average molecular weight is 400 g/mol. The highest BCUT2D eigenvalue weighted by Gasteiger charge is 2.31. The highest BCUT2D eigenvalue weighted by molar-refractivity contribution is 6.29. The van der Waals surface area contributed by atoms with Crippen LogP contribution >= 0.6 is 11.6 Å². The molecule has 3 aromatic rings. The molecule has 9 heteroatoms. The second-order valence-electron chi connectivity index (χ2n) is 7.50. The van der Waals surface area contributed by atoms with E-state index >= 15 is 0 Å². The van der Waals surface area contributed by atoms with Crippen LogP contribution in [0.15, 0.2) is 30.6 Å². The summed E-state index contributed by atoms with van der Waals surface area (Å²) in [7, 11) is 0. The van der Waals surface area contributed by atoms with E-state index in [0.717, 1.165) is 5.56 Å². The van der Waals surface area contributed by atoms with Crippen LogP contribution in [0.25, 0.3) is 11.2 Å². The lowest BCUT2D eigenvalue weighted by molar-refractivity contribution is -0.155. The largest absolute Gasteiger partial charge is 0.459 e. The first-order valence-electron chi connectivity index (χ1n) is 8.73. The molecule has 1 aromatic carbocycles. The van der Waals surface area contributed by atoms with Gasteiger partial charge < -0.3 is 9.30 Å². The molecule has 0 saturated carbocycles. The average Bonchev–Trinajstić information content (AvgIpc) is 3.14. The molecule has 1 aliphatic heterocycles. The monoisotopic (exact) mass is 399 g/mol. The van der Waals surface area contributed by atoms with Gasteiger partial charge in [0.1, 0.15) is 12.1 Å². The first-order chi connectivity index (χ1) is 13.2. The Morgan fingerprint density at radius 1 is 1.25 bits per heavy atom.